The maximum Gasteiger partial charge on any atom is 0.257 e. The third-order valence-electron chi connectivity index (χ3n) is 2.67. The third kappa shape index (κ3) is 3.28. The summed E-state index contributed by atoms with van der Waals surface area (Å²) < 4.78 is 0.831. The Labute approximate surface area is 124 Å². The molecule has 0 radical (unpaired) electrons. The zero-order chi connectivity index (χ0) is 14.0. The van der Waals surface area contributed by atoms with Crippen molar-refractivity contribution in [3.63, 3.8) is 0 Å². The Bertz CT molecular complexity index is 643. The summed E-state index contributed by atoms with van der Waals surface area (Å²) in [6.45, 7) is 1.88. The summed E-state index contributed by atoms with van der Waals surface area (Å²) in [6, 6.07) is 10.5. The number of benzene rings is 2. The number of nitrogen functional groups attached to an aromatic ring is 1. The highest BCUT2D eigenvalue weighted by Crippen LogP contribution is 2.23. The Balaban J connectivity index is 2.25. The number of nitrogens with two attached hydrogens (primary N) is 1. The second-order valence-corrected chi connectivity index (χ2v) is 5.48. The molecule has 0 aliphatic heterocycles. The standard InChI is InChI=1S/C14H12BrClN2O/c1-8-6-10(17)3-5-13(8)18-14(19)11-4-2-9(15)7-12(11)16/h2-7H,17H2,1H3,(H,18,19). The molecule has 0 aliphatic carbocycles. The molecule has 0 bridgehead atoms. The van der Waals surface area contributed by atoms with Crippen molar-refractivity contribution in [2.24, 2.45) is 0 Å². The quantitative estimate of drug-likeness (QED) is 0.804. The molecular weight excluding hydrogens is 328 g/mol. The zero-order valence-electron chi connectivity index (χ0n) is 10.2. The van der Waals surface area contributed by atoms with E-state index in [1.54, 1.807) is 36.4 Å². The van der Waals surface area contributed by atoms with Crippen LogP contribution < -0.4 is 11.1 Å². The van der Waals surface area contributed by atoms with Crippen LogP contribution in [0.5, 0.6) is 0 Å². The molecule has 0 spiro atoms. The maximum atomic E-state index is 12.1. The van der Waals surface area contributed by atoms with Crippen molar-refractivity contribution in [2.75, 3.05) is 11.1 Å². The van der Waals surface area contributed by atoms with Crippen molar-refractivity contribution in [1.82, 2.24) is 0 Å². The molecular formula is C14H12BrClN2O. The first-order chi connectivity index (χ1) is 8.97. The monoisotopic (exact) mass is 338 g/mol. The van der Waals surface area contributed by atoms with Crippen LogP contribution >= 0.6 is 27.5 Å². The fourth-order valence-electron chi connectivity index (χ4n) is 1.69. The van der Waals surface area contributed by atoms with Gasteiger partial charge in [-0.15, -0.1) is 0 Å². The van der Waals surface area contributed by atoms with Gasteiger partial charge in [0.25, 0.3) is 5.91 Å². The summed E-state index contributed by atoms with van der Waals surface area (Å²) in [5, 5.41) is 3.22. The van der Waals surface area contributed by atoms with E-state index in [0.717, 1.165) is 15.7 Å². The summed E-state index contributed by atoms with van der Waals surface area (Å²) in [5.74, 6) is -0.245. The number of anilines is 2. The first-order valence-electron chi connectivity index (χ1n) is 5.60. The van der Waals surface area contributed by atoms with E-state index in [1.165, 1.54) is 0 Å². The van der Waals surface area contributed by atoms with Crippen LogP contribution in [0.25, 0.3) is 0 Å². The lowest BCUT2D eigenvalue weighted by molar-refractivity contribution is 0.102. The van der Waals surface area contributed by atoms with E-state index in [-0.39, 0.29) is 5.91 Å². The van der Waals surface area contributed by atoms with E-state index in [4.69, 9.17) is 17.3 Å². The molecule has 2 rings (SSSR count). The Kier molecular flexibility index (Phi) is 4.12. The van der Waals surface area contributed by atoms with Crippen LogP contribution in [0.1, 0.15) is 15.9 Å². The van der Waals surface area contributed by atoms with Crippen molar-refractivity contribution < 1.29 is 4.79 Å². The minimum atomic E-state index is -0.245. The molecule has 2 aromatic carbocycles. The Morgan fingerprint density at radius 1 is 1.26 bits per heavy atom. The molecule has 3 nitrogen and oxygen atoms in total. The average Bonchev–Trinajstić information content (AvgIpc) is 2.32. The average molecular weight is 340 g/mol. The third-order valence-corrected chi connectivity index (χ3v) is 3.48. The van der Waals surface area contributed by atoms with Gasteiger partial charge in [0, 0.05) is 15.8 Å². The highest BCUT2D eigenvalue weighted by Gasteiger charge is 2.11. The van der Waals surface area contributed by atoms with Crippen LogP contribution in [0, 0.1) is 6.92 Å². The number of carbonyl (C=O) groups excluding carboxylic acids is 1. The summed E-state index contributed by atoms with van der Waals surface area (Å²) >= 11 is 9.35. The van der Waals surface area contributed by atoms with E-state index in [1.807, 2.05) is 6.92 Å². The van der Waals surface area contributed by atoms with Crippen LogP contribution in [-0.4, -0.2) is 5.91 Å². The fraction of sp³-hybridized carbons (Fsp3) is 0.0714. The first kappa shape index (κ1) is 13.9. The molecule has 0 aromatic heterocycles. The lowest BCUT2D eigenvalue weighted by atomic mass is 10.1. The van der Waals surface area contributed by atoms with Gasteiger partial charge in [0.2, 0.25) is 0 Å². The summed E-state index contributed by atoms with van der Waals surface area (Å²) in [4.78, 5) is 12.1. The summed E-state index contributed by atoms with van der Waals surface area (Å²) in [6.07, 6.45) is 0. The van der Waals surface area contributed by atoms with E-state index < -0.39 is 0 Å². The number of hydrogen-bond donors (Lipinski definition) is 2. The molecule has 1 amide bonds. The number of rotatable bonds is 2. The van der Waals surface area contributed by atoms with Gasteiger partial charge in [0.05, 0.1) is 10.6 Å². The van der Waals surface area contributed by atoms with Crippen LogP contribution in [0.3, 0.4) is 0 Å². The van der Waals surface area contributed by atoms with Gasteiger partial charge in [-0.25, -0.2) is 0 Å². The second-order valence-electron chi connectivity index (χ2n) is 4.15. The number of nitrogens with one attached hydrogen (secondary N) is 1. The van der Waals surface area contributed by atoms with Gasteiger partial charge < -0.3 is 11.1 Å². The number of aryl methyl sites for hydroxylation is 1. The molecule has 98 valence electrons. The lowest BCUT2D eigenvalue weighted by Crippen LogP contribution is -2.13. The number of carbonyl (C=O) groups is 1. The molecule has 0 saturated heterocycles. The Morgan fingerprint density at radius 3 is 2.63 bits per heavy atom. The highest BCUT2D eigenvalue weighted by molar-refractivity contribution is 9.10. The molecule has 0 unspecified atom stereocenters. The van der Waals surface area contributed by atoms with Crippen molar-refractivity contribution in [2.45, 2.75) is 6.92 Å². The molecule has 3 N–H and O–H groups in total. The van der Waals surface area contributed by atoms with Gasteiger partial charge in [-0.2, -0.15) is 0 Å². The van der Waals surface area contributed by atoms with E-state index >= 15 is 0 Å². The van der Waals surface area contributed by atoms with Crippen LogP contribution in [0.2, 0.25) is 5.02 Å². The Morgan fingerprint density at radius 2 is 2.00 bits per heavy atom. The van der Waals surface area contributed by atoms with Gasteiger partial charge in [-0.3, -0.25) is 4.79 Å². The fourth-order valence-corrected chi connectivity index (χ4v) is 2.45. The number of amides is 1. The molecule has 0 saturated carbocycles. The molecule has 19 heavy (non-hydrogen) atoms. The molecule has 0 fully saturated rings. The van der Waals surface area contributed by atoms with Crippen LogP contribution in [0.15, 0.2) is 40.9 Å². The summed E-state index contributed by atoms with van der Waals surface area (Å²) in [5.41, 5.74) is 8.39. The van der Waals surface area contributed by atoms with E-state index in [2.05, 4.69) is 21.2 Å². The van der Waals surface area contributed by atoms with Crippen molar-refractivity contribution in [1.29, 1.82) is 0 Å². The van der Waals surface area contributed by atoms with E-state index in [0.29, 0.717) is 16.3 Å². The van der Waals surface area contributed by atoms with Gasteiger partial charge in [-0.05, 0) is 48.9 Å². The second kappa shape index (κ2) is 5.63. The number of hydrogen-bond acceptors (Lipinski definition) is 2. The van der Waals surface area contributed by atoms with E-state index in [9.17, 15) is 4.79 Å². The smallest absolute Gasteiger partial charge is 0.257 e. The molecule has 2 aromatic rings. The maximum absolute atomic E-state index is 12.1. The van der Waals surface area contributed by atoms with Gasteiger partial charge in [0.15, 0.2) is 0 Å². The van der Waals surface area contributed by atoms with Crippen molar-refractivity contribution >= 4 is 44.8 Å². The van der Waals surface area contributed by atoms with Gasteiger partial charge in [-0.1, -0.05) is 27.5 Å². The first-order valence-corrected chi connectivity index (χ1v) is 6.77. The minimum Gasteiger partial charge on any atom is -0.399 e. The van der Waals surface area contributed by atoms with Crippen LogP contribution in [-0.2, 0) is 0 Å². The lowest BCUT2D eigenvalue weighted by Gasteiger charge is -2.10. The minimum absolute atomic E-state index is 0.245. The van der Waals surface area contributed by atoms with Crippen molar-refractivity contribution in [3.05, 3.63) is 57.0 Å². The Hall–Kier alpha value is -1.52. The predicted molar refractivity (Wildman–Crippen MR) is 82.7 cm³/mol. The molecule has 5 heteroatoms. The van der Waals surface area contributed by atoms with Gasteiger partial charge in [0.1, 0.15) is 0 Å². The molecule has 0 heterocycles. The number of halogens is 2. The topological polar surface area (TPSA) is 55.1 Å². The molecule has 0 aliphatic rings. The SMILES string of the molecule is Cc1cc(N)ccc1NC(=O)c1ccc(Br)cc1Cl. The zero-order valence-corrected chi connectivity index (χ0v) is 12.5. The largest absolute Gasteiger partial charge is 0.399 e. The van der Waals surface area contributed by atoms with Crippen LogP contribution in [0.4, 0.5) is 11.4 Å². The predicted octanol–water partition coefficient (Wildman–Crippen LogP) is 4.25. The van der Waals surface area contributed by atoms with Crippen molar-refractivity contribution in [3.8, 4) is 0 Å². The molecule has 0 atom stereocenters. The summed E-state index contributed by atoms with van der Waals surface area (Å²) in [7, 11) is 0. The highest BCUT2D eigenvalue weighted by atomic mass is 79.9. The normalized spacial score (nSPS) is 10.3. The van der Waals surface area contributed by atoms with Gasteiger partial charge >= 0.3 is 0 Å².